The van der Waals surface area contributed by atoms with E-state index in [0.717, 1.165) is 71.0 Å². The third-order valence-electron chi connectivity index (χ3n) is 16.5. The van der Waals surface area contributed by atoms with Gasteiger partial charge in [0.05, 0.1) is 58.7 Å². The van der Waals surface area contributed by atoms with E-state index in [4.69, 9.17) is 97.0 Å². The van der Waals surface area contributed by atoms with E-state index in [1.807, 2.05) is 24.3 Å². The van der Waals surface area contributed by atoms with Gasteiger partial charge in [-0.05, 0) is 204 Å². The van der Waals surface area contributed by atoms with Gasteiger partial charge in [0, 0.05) is 84.1 Å². The number of methoxy groups -OCH3 is 3. The number of aryl methyl sites for hydroxylation is 2. The quantitative estimate of drug-likeness (QED) is 0.00457. The molecule has 8 N–H and O–H groups in total. The van der Waals surface area contributed by atoms with Crippen LogP contribution in [0.4, 0.5) is 17.6 Å². The monoisotopic (exact) mass is 2100 g/mol. The Balaban J connectivity index is 0. The van der Waals surface area contributed by atoms with Crippen molar-refractivity contribution in [3.8, 4) is 17.2 Å². The second-order valence-corrected chi connectivity index (χ2v) is 35.2. The molecule has 135 heavy (non-hydrogen) atoms. The van der Waals surface area contributed by atoms with Crippen LogP contribution in [0, 0.1) is 23.3 Å². The Kier molecular flexibility index (Phi) is 60.4. The number of rotatable bonds is 23. The summed E-state index contributed by atoms with van der Waals surface area (Å²) in [5, 5.41) is 38.4. The Bertz CT molecular complexity index is 6030. The first-order valence-electron chi connectivity index (χ1n) is 36.8. The van der Waals surface area contributed by atoms with E-state index in [9.17, 15) is 96.5 Å². The Morgan fingerprint density at radius 1 is 0.400 bits per heavy atom. The summed E-state index contributed by atoms with van der Waals surface area (Å²) in [4.78, 5) is 90.3. The van der Waals surface area contributed by atoms with Crippen molar-refractivity contribution in [2.45, 2.75) is 94.2 Å². The van der Waals surface area contributed by atoms with Gasteiger partial charge in [-0.25, -0.2) is 81.4 Å². The van der Waals surface area contributed by atoms with Gasteiger partial charge in [0.15, 0.2) is 17.2 Å². The summed E-state index contributed by atoms with van der Waals surface area (Å²) in [6.07, 6.45) is 3.51. The molecule has 11 aromatic rings. The van der Waals surface area contributed by atoms with Gasteiger partial charge < -0.3 is 59.0 Å². The fourth-order valence-electron chi connectivity index (χ4n) is 10.1. The molecule has 0 aliphatic heterocycles. The number of ether oxygens (including phenoxy) is 3. The maximum absolute atomic E-state index is 13.5. The first kappa shape index (κ1) is 128. The number of halogens is 12. The average molecular weight is 2110 g/mol. The number of sulfonamides is 2. The molecule has 0 heterocycles. The fourth-order valence-corrected chi connectivity index (χ4v) is 16.2. The predicted molar refractivity (Wildman–Crippen MR) is 494 cm³/mol. The zero-order chi connectivity index (χ0) is 97.3. The standard InChI is InChI=1S/C22H18Cl2FNO5S.C21H16Cl2FNO5S.C17H17FO2.C9H9ClO2.C7H5FO.C6H3Cl3O3S.C4H6O4.C2H3BO2.CH4.H3N.2Na.H2O/c1-31-22(28)16-6-2-14(3-7-16)12-26(13-15-4-8-18(25)9-5-15)32(29,30)20-11-17(23)10-19(24)21(20)27;22-16-9-18(23)20(26)19(10-16)31(29,30)25(12-14-3-7-17(24)8-4-14)11-13-1-5-15(6-2-13)21(27)28;1-20-17(19)15-9-5-13(6-10-15)3-2-4-14-7-11-16(18)12-8-14;1-12-9(11)8-4-2-7(6-10)3-5-8;8-7-3-1-6(5-9)2-4-7;7-3-1-4(8)6(10)5(2-3)13(9,11)12;1-3(5)7-8-4(2)6;1-2(4)5-3;;;;;/h2-11,27H,12-13H2,1H3;1-10,26H,11-12H2,(H,27,28);5-12H,2-4H2,1H3;2-5H,6H2,1H3;1-5H;1-2,10H;1-2H3;1H3;1H4;1H3;;;1H2/q;;;;;;;-1;;;2*+1;/p-1. The predicted octanol–water partition coefficient (Wildman–Crippen LogP) is 14.5. The maximum atomic E-state index is 13.5. The number of hydrogen-bond acceptors (Lipinski definition) is 25. The van der Waals surface area contributed by atoms with Crippen LogP contribution < -0.4 is 65.3 Å². The van der Waals surface area contributed by atoms with Gasteiger partial charge in [-0.1, -0.05) is 162 Å². The van der Waals surface area contributed by atoms with Gasteiger partial charge in [-0.15, -0.1) is 11.6 Å². The molecular weight excluding hydrogens is 2020 g/mol. The molecular formula is C89H85BCl8F4N3Na2O25S3. The number of carbonyl (C=O) groups excluding carboxylic acids is 7. The van der Waals surface area contributed by atoms with Crippen LogP contribution in [0.3, 0.4) is 0 Å². The molecule has 0 bridgehead atoms. The Morgan fingerprint density at radius 3 is 0.881 bits per heavy atom. The number of aromatic carboxylic acids is 1. The van der Waals surface area contributed by atoms with Gasteiger partial charge in [0.2, 0.25) is 26.0 Å². The number of aldehydes is 1. The smallest absolute Gasteiger partial charge is 0.870 e. The molecule has 11 rings (SSSR count). The van der Waals surface area contributed by atoms with Gasteiger partial charge in [-0.3, -0.25) is 9.59 Å². The summed E-state index contributed by atoms with van der Waals surface area (Å²) in [6.45, 7) is 3.00. The van der Waals surface area contributed by atoms with E-state index in [-0.39, 0.29) is 164 Å². The summed E-state index contributed by atoms with van der Waals surface area (Å²) < 4.78 is 146. The Labute approximate surface area is 861 Å². The van der Waals surface area contributed by atoms with Crippen molar-refractivity contribution in [1.82, 2.24) is 14.8 Å². The van der Waals surface area contributed by atoms with Crippen LogP contribution in [-0.4, -0.2) is 137 Å². The normalized spacial score (nSPS) is 10.2. The summed E-state index contributed by atoms with van der Waals surface area (Å²) in [5.74, 6) is -6.87. The van der Waals surface area contributed by atoms with Crippen LogP contribution in [0.5, 0.6) is 17.2 Å². The van der Waals surface area contributed by atoms with E-state index >= 15 is 0 Å². The van der Waals surface area contributed by atoms with Crippen molar-refractivity contribution in [3.05, 3.63) is 351 Å². The van der Waals surface area contributed by atoms with Gasteiger partial charge in [0.25, 0.3) is 9.05 Å². The Morgan fingerprint density at radius 2 is 0.637 bits per heavy atom. The van der Waals surface area contributed by atoms with Crippen molar-refractivity contribution in [2.75, 3.05) is 21.3 Å². The van der Waals surface area contributed by atoms with Gasteiger partial charge in [-0.2, -0.15) is 8.61 Å². The molecule has 0 atom stereocenters. The van der Waals surface area contributed by atoms with Crippen LogP contribution in [0.15, 0.2) is 245 Å². The van der Waals surface area contributed by atoms with Crippen LogP contribution in [0.1, 0.15) is 125 Å². The number of benzene rings is 11. The SMILES string of the molecule is C.CC(=O)OOC(C)=O.COC(=O)c1ccc(CCCc2ccc(F)cc2)cc1.COC(=O)c1ccc(CCl)cc1.COC(=O)c1ccc(CN(Cc2ccc(F)cc2)S(=O)(=O)c2cc(Cl)cc(Cl)c2O)cc1.N.O=C(O)c1ccc(CN(Cc2ccc(F)cc2)S(=O)(=O)c2cc(Cl)cc(Cl)c2O)cc1.O=Cc1ccc(F)cc1.O=S(=O)(Cl)c1cc(Cl)cc(Cl)c1O.[B-]OC(C)=O.[Na+].[Na+].[OH-]. The number of carbonyl (C=O) groups is 8. The minimum Gasteiger partial charge on any atom is -0.870 e. The molecule has 0 aromatic heterocycles. The molecule has 11 aromatic carbocycles. The van der Waals surface area contributed by atoms with Crippen LogP contribution in [-0.2, 0) is 117 Å². The second kappa shape index (κ2) is 63.9. The third kappa shape index (κ3) is 45.2. The molecule has 0 aliphatic carbocycles. The third-order valence-corrected chi connectivity index (χ3v) is 23.3. The van der Waals surface area contributed by atoms with Crippen molar-refractivity contribution in [3.63, 3.8) is 0 Å². The van der Waals surface area contributed by atoms with Crippen LogP contribution in [0.2, 0.25) is 30.1 Å². The van der Waals surface area contributed by atoms with E-state index < -0.39 is 103 Å². The van der Waals surface area contributed by atoms with Crippen molar-refractivity contribution in [2.24, 2.45) is 0 Å². The van der Waals surface area contributed by atoms with Crippen LogP contribution >= 0.6 is 91.9 Å². The molecule has 0 fully saturated rings. The zero-order valence-electron chi connectivity index (χ0n) is 72.0. The maximum Gasteiger partial charge on any atom is 1.00 e. The molecule has 0 unspecified atom stereocenters. The number of alkyl halides is 1. The molecule has 0 spiro atoms. The number of nitrogens with zero attached hydrogens (tertiary/aromatic N) is 2. The van der Waals surface area contributed by atoms with Crippen molar-refractivity contribution in [1.29, 1.82) is 0 Å². The second-order valence-electron chi connectivity index (χ2n) is 26.0. The first-order chi connectivity index (χ1) is 61.2. The molecule has 3 radical (unpaired) electrons. The Hall–Kier alpha value is -9.43. The van der Waals surface area contributed by atoms with E-state index in [1.165, 1.54) is 173 Å². The minimum atomic E-state index is -4.31. The number of phenolic OH excluding ortho intramolecular Hbond substituents is 3. The van der Waals surface area contributed by atoms with E-state index in [1.54, 1.807) is 48.5 Å². The minimum absolute atomic E-state index is 0. The van der Waals surface area contributed by atoms with Gasteiger partial charge >= 0.3 is 94.9 Å². The van der Waals surface area contributed by atoms with E-state index in [2.05, 4.69) is 36.7 Å². The van der Waals surface area contributed by atoms with Crippen LogP contribution in [0.25, 0.3) is 0 Å². The molecule has 713 valence electrons. The number of esters is 3. The number of aromatic hydroxyl groups is 3. The molecule has 0 amide bonds. The molecule has 0 aliphatic rings. The summed E-state index contributed by atoms with van der Waals surface area (Å²) >= 11 is 40.3. The van der Waals surface area contributed by atoms with Crippen molar-refractivity contribution >= 4 is 177 Å². The topological polar surface area (TPSA) is 447 Å². The molecule has 0 saturated heterocycles. The van der Waals surface area contributed by atoms with Gasteiger partial charge in [0.1, 0.15) is 44.2 Å². The summed E-state index contributed by atoms with van der Waals surface area (Å²) in [7, 11) is 0.701. The van der Waals surface area contributed by atoms with E-state index in [0.29, 0.717) is 56.7 Å². The number of carboxylic acids is 1. The average Bonchev–Trinajstić information content (AvgIpc) is 0.777. The summed E-state index contributed by atoms with van der Waals surface area (Å²) in [5.41, 5.74) is 7.37. The first-order valence-corrected chi connectivity index (χ1v) is 44.8. The number of carboxylic acid groups (broad SMARTS) is 1. The number of hydrogen-bond donors (Lipinski definition) is 5. The molecule has 28 nitrogen and oxygen atoms in total. The molecule has 46 heteroatoms. The summed E-state index contributed by atoms with van der Waals surface area (Å²) in [6, 6.07) is 55.8. The molecule has 0 saturated carbocycles. The largest absolute Gasteiger partial charge is 1.00 e. The number of phenols is 3. The van der Waals surface area contributed by atoms with Crippen molar-refractivity contribution < 1.29 is 195 Å². The zero-order valence-corrected chi connectivity index (χ0v) is 84.5. The fraction of sp³-hybridized carbons (Fsp3) is 0.169.